The van der Waals surface area contributed by atoms with E-state index in [4.69, 9.17) is 14.2 Å². The summed E-state index contributed by atoms with van der Waals surface area (Å²) in [5.74, 6) is 0.279. The molecule has 154 valence electrons. The van der Waals surface area contributed by atoms with E-state index in [2.05, 4.69) is 24.5 Å². The van der Waals surface area contributed by atoms with Gasteiger partial charge in [-0.2, -0.15) is 0 Å². The summed E-state index contributed by atoms with van der Waals surface area (Å²) in [6.45, 7) is 4.79. The smallest absolute Gasteiger partial charge is 0.412 e. The molecule has 0 aliphatic carbocycles. The highest BCUT2D eigenvalue weighted by Crippen LogP contribution is 2.29. The first-order valence-electron chi connectivity index (χ1n) is 9.66. The molecule has 2 saturated heterocycles. The van der Waals surface area contributed by atoms with Crippen molar-refractivity contribution in [3.8, 4) is 0 Å². The molecule has 4 atom stereocenters. The van der Waals surface area contributed by atoms with Gasteiger partial charge in [-0.15, -0.1) is 11.3 Å². The topological polar surface area (TPSA) is 85.9 Å². The van der Waals surface area contributed by atoms with Gasteiger partial charge >= 0.3 is 6.09 Å². The Kier molecular flexibility index (Phi) is 5.84. The van der Waals surface area contributed by atoms with Gasteiger partial charge in [0.25, 0.3) is 5.91 Å². The third-order valence-corrected chi connectivity index (χ3v) is 6.02. The van der Waals surface area contributed by atoms with E-state index in [1.54, 1.807) is 6.07 Å². The lowest BCUT2D eigenvalue weighted by molar-refractivity contribution is 0.00862. The molecule has 2 N–H and O–H groups in total. The Balaban J connectivity index is 1.30. The molecule has 0 radical (unpaired) electrons. The van der Waals surface area contributed by atoms with Crippen LogP contribution in [-0.2, 0) is 14.2 Å². The Bertz CT molecular complexity index is 852. The predicted octanol–water partition coefficient (Wildman–Crippen LogP) is 3.38. The normalized spacial score (nSPS) is 25.6. The molecule has 29 heavy (non-hydrogen) atoms. The van der Waals surface area contributed by atoms with E-state index in [0.29, 0.717) is 23.1 Å². The summed E-state index contributed by atoms with van der Waals surface area (Å²) in [4.78, 5) is 25.2. The lowest BCUT2D eigenvalue weighted by Crippen LogP contribution is -2.44. The summed E-state index contributed by atoms with van der Waals surface area (Å²) < 4.78 is 17.1. The number of amides is 2. The minimum absolute atomic E-state index is 0.148. The lowest BCUT2D eigenvalue weighted by atomic mass is 10.0. The standard InChI is InChI=1S/C21H24N2O5S/c1-12(2)13-5-7-14(8-6-13)22-21(25)28-16-11-27-18-15(10-26-19(16)18)23-20(24)17-4-3-9-29-17/h3-9,12,15-16,18-19H,10-11H2,1-2H3,(H,22,25)(H,23,24)/t15-,16-,18-,19+/m0/s1. The number of anilines is 1. The number of carbonyl (C=O) groups excluding carboxylic acids is 2. The molecule has 2 aliphatic rings. The SMILES string of the molecule is CC(C)c1ccc(NC(=O)O[C@H]2CO[C@@H]3[C@@H]2OC[C@@H]3NC(=O)c2cccs2)cc1. The van der Waals surface area contributed by atoms with Crippen molar-refractivity contribution >= 4 is 29.0 Å². The van der Waals surface area contributed by atoms with Gasteiger partial charge < -0.3 is 19.5 Å². The molecule has 2 aliphatic heterocycles. The first-order chi connectivity index (χ1) is 14.0. The van der Waals surface area contributed by atoms with E-state index in [9.17, 15) is 9.59 Å². The summed E-state index contributed by atoms with van der Waals surface area (Å²) >= 11 is 1.38. The van der Waals surface area contributed by atoms with Crippen molar-refractivity contribution in [2.24, 2.45) is 0 Å². The number of hydrogen-bond acceptors (Lipinski definition) is 6. The van der Waals surface area contributed by atoms with Crippen LogP contribution in [0.15, 0.2) is 41.8 Å². The van der Waals surface area contributed by atoms with Gasteiger partial charge in [-0.3, -0.25) is 10.1 Å². The van der Waals surface area contributed by atoms with Crippen LogP contribution in [0.2, 0.25) is 0 Å². The fourth-order valence-electron chi connectivity index (χ4n) is 3.57. The quantitative estimate of drug-likeness (QED) is 0.780. The maximum atomic E-state index is 12.3. The molecule has 2 amide bonds. The minimum Gasteiger partial charge on any atom is -0.441 e. The number of hydrogen-bond donors (Lipinski definition) is 2. The zero-order valence-electron chi connectivity index (χ0n) is 16.3. The molecular formula is C21H24N2O5S. The van der Waals surface area contributed by atoms with E-state index >= 15 is 0 Å². The van der Waals surface area contributed by atoms with Crippen LogP contribution in [0.5, 0.6) is 0 Å². The first-order valence-corrected chi connectivity index (χ1v) is 10.5. The van der Waals surface area contributed by atoms with Crippen LogP contribution in [-0.4, -0.2) is 49.6 Å². The molecular weight excluding hydrogens is 392 g/mol. The fraction of sp³-hybridized carbons (Fsp3) is 0.429. The number of thiophene rings is 1. The molecule has 2 aromatic rings. The molecule has 8 heteroatoms. The van der Waals surface area contributed by atoms with Gasteiger partial charge in [0, 0.05) is 5.69 Å². The average molecular weight is 416 g/mol. The van der Waals surface area contributed by atoms with Gasteiger partial charge in [-0.25, -0.2) is 4.79 Å². The van der Waals surface area contributed by atoms with E-state index in [1.807, 2.05) is 35.7 Å². The Labute approximate surface area is 173 Å². The van der Waals surface area contributed by atoms with Crippen molar-refractivity contribution in [1.29, 1.82) is 0 Å². The Hall–Kier alpha value is -2.42. The summed E-state index contributed by atoms with van der Waals surface area (Å²) in [6, 6.07) is 11.0. The molecule has 7 nitrogen and oxygen atoms in total. The van der Waals surface area contributed by atoms with Crippen LogP contribution in [0.4, 0.5) is 10.5 Å². The third-order valence-electron chi connectivity index (χ3n) is 5.15. The second-order valence-electron chi connectivity index (χ2n) is 7.50. The predicted molar refractivity (Wildman–Crippen MR) is 109 cm³/mol. The molecule has 1 aromatic heterocycles. The van der Waals surface area contributed by atoms with Crippen LogP contribution in [0.3, 0.4) is 0 Å². The van der Waals surface area contributed by atoms with Gasteiger partial charge in [0.05, 0.1) is 24.1 Å². The number of benzene rings is 1. The molecule has 0 saturated carbocycles. The van der Waals surface area contributed by atoms with Crippen molar-refractivity contribution in [3.63, 3.8) is 0 Å². The summed E-state index contributed by atoms with van der Waals surface area (Å²) in [6.07, 6.45) is -1.79. The van der Waals surface area contributed by atoms with Crippen LogP contribution in [0, 0.1) is 0 Å². The molecule has 0 spiro atoms. The molecule has 0 bridgehead atoms. The first kappa shape index (κ1) is 19.9. The summed E-state index contributed by atoms with van der Waals surface area (Å²) in [7, 11) is 0. The van der Waals surface area contributed by atoms with E-state index < -0.39 is 18.3 Å². The van der Waals surface area contributed by atoms with Crippen molar-refractivity contribution in [2.75, 3.05) is 18.5 Å². The second-order valence-corrected chi connectivity index (χ2v) is 8.45. The van der Waals surface area contributed by atoms with Crippen molar-refractivity contribution in [3.05, 3.63) is 52.2 Å². The number of carbonyl (C=O) groups is 2. The van der Waals surface area contributed by atoms with Crippen LogP contribution >= 0.6 is 11.3 Å². The summed E-state index contributed by atoms with van der Waals surface area (Å²) in [5.41, 5.74) is 1.87. The highest BCUT2D eigenvalue weighted by Gasteiger charge is 2.50. The number of rotatable bonds is 5. The highest BCUT2D eigenvalue weighted by molar-refractivity contribution is 7.12. The number of ether oxygens (including phenoxy) is 3. The van der Waals surface area contributed by atoms with Crippen LogP contribution in [0.1, 0.15) is 35.0 Å². The number of nitrogens with one attached hydrogen (secondary N) is 2. The third kappa shape index (κ3) is 4.44. The lowest BCUT2D eigenvalue weighted by Gasteiger charge is -2.18. The van der Waals surface area contributed by atoms with Crippen molar-refractivity contribution in [2.45, 2.75) is 44.1 Å². The largest absolute Gasteiger partial charge is 0.441 e. The monoisotopic (exact) mass is 416 g/mol. The van der Waals surface area contributed by atoms with Gasteiger partial charge in [0.15, 0.2) is 6.10 Å². The highest BCUT2D eigenvalue weighted by atomic mass is 32.1. The molecule has 0 unspecified atom stereocenters. The summed E-state index contributed by atoms with van der Waals surface area (Å²) in [5, 5.41) is 7.54. The maximum Gasteiger partial charge on any atom is 0.412 e. The molecule has 2 fully saturated rings. The van der Waals surface area contributed by atoms with Crippen molar-refractivity contribution < 1.29 is 23.8 Å². The molecule has 1 aromatic carbocycles. The van der Waals surface area contributed by atoms with E-state index in [-0.39, 0.29) is 24.7 Å². The van der Waals surface area contributed by atoms with Crippen LogP contribution in [0.25, 0.3) is 0 Å². The fourth-order valence-corrected chi connectivity index (χ4v) is 4.20. The van der Waals surface area contributed by atoms with Crippen LogP contribution < -0.4 is 10.6 Å². The minimum atomic E-state index is -0.550. The maximum absolute atomic E-state index is 12.3. The van der Waals surface area contributed by atoms with Gasteiger partial charge in [0.2, 0.25) is 0 Å². The Morgan fingerprint density at radius 3 is 2.55 bits per heavy atom. The molecule has 3 heterocycles. The number of fused-ring (bicyclic) bond motifs is 1. The second kappa shape index (κ2) is 8.52. The Morgan fingerprint density at radius 1 is 1.10 bits per heavy atom. The zero-order valence-corrected chi connectivity index (χ0v) is 17.1. The van der Waals surface area contributed by atoms with E-state index in [1.165, 1.54) is 16.9 Å². The zero-order chi connectivity index (χ0) is 20.4. The molecule has 4 rings (SSSR count). The average Bonchev–Trinajstić information content (AvgIpc) is 3.42. The van der Waals surface area contributed by atoms with Gasteiger partial charge in [-0.05, 0) is 35.1 Å². The van der Waals surface area contributed by atoms with Gasteiger partial charge in [0.1, 0.15) is 12.2 Å². The van der Waals surface area contributed by atoms with Crippen molar-refractivity contribution in [1.82, 2.24) is 5.32 Å². The van der Waals surface area contributed by atoms with Gasteiger partial charge in [-0.1, -0.05) is 32.0 Å². The van der Waals surface area contributed by atoms with E-state index in [0.717, 1.165) is 0 Å². The Morgan fingerprint density at radius 2 is 1.86 bits per heavy atom.